The SMILES string of the molecule is COc1cccc(C(=O)NCc2nnc(SCC(=O)Nc3nc4ccccc4s3)n2-c2ccc(F)cc2)c1. The number of aromatic nitrogens is 4. The van der Waals surface area contributed by atoms with Crippen LogP contribution < -0.4 is 15.4 Å². The normalized spacial score (nSPS) is 10.9. The zero-order chi connectivity index (χ0) is 26.5. The molecule has 12 heteroatoms. The first-order valence-corrected chi connectivity index (χ1v) is 13.2. The number of methoxy groups -OCH3 is 1. The molecule has 0 unspecified atom stereocenters. The zero-order valence-electron chi connectivity index (χ0n) is 20.1. The first-order chi connectivity index (χ1) is 18.5. The molecule has 0 aliphatic heterocycles. The minimum atomic E-state index is -0.390. The Bertz CT molecular complexity index is 1570. The first kappa shape index (κ1) is 25.4. The van der Waals surface area contributed by atoms with Crippen molar-refractivity contribution >= 4 is 50.3 Å². The van der Waals surface area contributed by atoms with E-state index in [2.05, 4.69) is 25.8 Å². The predicted octanol–water partition coefficient (Wildman–Crippen LogP) is 4.69. The highest BCUT2D eigenvalue weighted by Gasteiger charge is 2.18. The van der Waals surface area contributed by atoms with Crippen LogP contribution in [0.1, 0.15) is 16.2 Å². The minimum absolute atomic E-state index is 0.0470. The Morgan fingerprint density at radius 1 is 1.05 bits per heavy atom. The summed E-state index contributed by atoms with van der Waals surface area (Å²) in [4.78, 5) is 29.8. The van der Waals surface area contributed by atoms with Crippen LogP contribution in [0.2, 0.25) is 0 Å². The molecule has 0 aliphatic rings. The van der Waals surface area contributed by atoms with Crippen molar-refractivity contribution in [1.82, 2.24) is 25.1 Å². The van der Waals surface area contributed by atoms with E-state index in [9.17, 15) is 14.0 Å². The Hall–Kier alpha value is -4.29. The molecule has 0 spiro atoms. The van der Waals surface area contributed by atoms with Crippen molar-refractivity contribution < 1.29 is 18.7 Å². The Kier molecular flexibility index (Phi) is 7.61. The lowest BCUT2D eigenvalue weighted by molar-refractivity contribution is -0.113. The fourth-order valence-corrected chi connectivity index (χ4v) is 5.25. The number of carbonyl (C=O) groups excluding carboxylic acids is 2. The molecule has 0 saturated heterocycles. The van der Waals surface area contributed by atoms with Crippen molar-refractivity contribution in [1.29, 1.82) is 0 Å². The predicted molar refractivity (Wildman–Crippen MR) is 144 cm³/mol. The van der Waals surface area contributed by atoms with Crippen LogP contribution in [-0.2, 0) is 11.3 Å². The molecule has 0 radical (unpaired) electrons. The number of carbonyl (C=O) groups is 2. The molecule has 0 fully saturated rings. The number of thioether (sulfide) groups is 1. The number of rotatable bonds is 9. The fourth-order valence-electron chi connectivity index (χ4n) is 3.59. The molecule has 2 aromatic heterocycles. The molecular formula is C26H21FN6O3S2. The van der Waals surface area contributed by atoms with Gasteiger partial charge in [-0.1, -0.05) is 41.3 Å². The summed E-state index contributed by atoms with van der Waals surface area (Å²) >= 11 is 2.56. The van der Waals surface area contributed by atoms with Crippen LogP contribution in [0.3, 0.4) is 0 Å². The largest absolute Gasteiger partial charge is 0.497 e. The Balaban J connectivity index is 1.31. The van der Waals surface area contributed by atoms with Crippen molar-refractivity contribution in [3.63, 3.8) is 0 Å². The summed E-state index contributed by atoms with van der Waals surface area (Å²) in [5.74, 6) is 0.0689. The van der Waals surface area contributed by atoms with E-state index in [1.165, 1.54) is 42.3 Å². The molecule has 3 aromatic carbocycles. The molecule has 2 amide bonds. The van der Waals surface area contributed by atoms with Gasteiger partial charge in [-0.25, -0.2) is 9.37 Å². The van der Waals surface area contributed by atoms with E-state index in [0.717, 1.165) is 10.2 Å². The van der Waals surface area contributed by atoms with Crippen LogP contribution in [-0.4, -0.2) is 44.4 Å². The number of thiazole rings is 1. The third-order valence-electron chi connectivity index (χ3n) is 5.40. The summed E-state index contributed by atoms with van der Waals surface area (Å²) in [6, 6.07) is 20.2. The van der Waals surface area contributed by atoms with Gasteiger partial charge in [-0.2, -0.15) is 0 Å². The van der Waals surface area contributed by atoms with Crippen LogP contribution in [0.25, 0.3) is 15.9 Å². The number of para-hydroxylation sites is 1. The van der Waals surface area contributed by atoms with E-state index >= 15 is 0 Å². The molecule has 5 rings (SSSR count). The van der Waals surface area contributed by atoms with Crippen molar-refractivity contribution in [2.24, 2.45) is 0 Å². The lowest BCUT2D eigenvalue weighted by Gasteiger charge is -2.11. The average molecular weight is 549 g/mol. The highest BCUT2D eigenvalue weighted by molar-refractivity contribution is 7.99. The quantitative estimate of drug-likeness (QED) is 0.257. The summed E-state index contributed by atoms with van der Waals surface area (Å²) in [5, 5.41) is 15.0. The second kappa shape index (κ2) is 11.4. The number of ether oxygens (including phenoxy) is 1. The third-order valence-corrected chi connectivity index (χ3v) is 7.28. The minimum Gasteiger partial charge on any atom is -0.497 e. The number of nitrogens with one attached hydrogen (secondary N) is 2. The van der Waals surface area contributed by atoms with Gasteiger partial charge in [0, 0.05) is 11.3 Å². The van der Waals surface area contributed by atoms with Crippen molar-refractivity contribution in [2.45, 2.75) is 11.7 Å². The number of anilines is 1. The van der Waals surface area contributed by atoms with Crippen LogP contribution in [0, 0.1) is 5.82 Å². The number of halogens is 1. The maximum atomic E-state index is 13.6. The Morgan fingerprint density at radius 3 is 2.66 bits per heavy atom. The number of hydrogen-bond acceptors (Lipinski definition) is 8. The van der Waals surface area contributed by atoms with Gasteiger partial charge < -0.3 is 15.4 Å². The van der Waals surface area contributed by atoms with Crippen molar-refractivity contribution in [2.75, 3.05) is 18.2 Å². The molecule has 5 aromatic rings. The molecule has 0 aliphatic carbocycles. The topological polar surface area (TPSA) is 111 Å². The zero-order valence-corrected chi connectivity index (χ0v) is 21.7. The Labute approximate surface area is 225 Å². The van der Waals surface area contributed by atoms with E-state index in [4.69, 9.17) is 4.74 Å². The maximum absolute atomic E-state index is 13.6. The smallest absolute Gasteiger partial charge is 0.251 e. The van der Waals surface area contributed by atoms with Gasteiger partial charge in [-0.05, 0) is 54.6 Å². The highest BCUT2D eigenvalue weighted by Crippen LogP contribution is 2.27. The molecule has 0 saturated carbocycles. The molecule has 2 N–H and O–H groups in total. The molecule has 0 bridgehead atoms. The van der Waals surface area contributed by atoms with Crippen LogP contribution in [0.4, 0.5) is 9.52 Å². The monoisotopic (exact) mass is 548 g/mol. The molecule has 192 valence electrons. The summed E-state index contributed by atoms with van der Waals surface area (Å²) in [6.45, 7) is 0.0544. The summed E-state index contributed by atoms with van der Waals surface area (Å²) in [6.07, 6.45) is 0. The van der Waals surface area contributed by atoms with E-state index in [1.54, 1.807) is 41.0 Å². The van der Waals surface area contributed by atoms with E-state index < -0.39 is 0 Å². The lowest BCUT2D eigenvalue weighted by atomic mass is 10.2. The summed E-state index contributed by atoms with van der Waals surface area (Å²) in [7, 11) is 1.53. The second-order valence-corrected chi connectivity index (χ2v) is 9.92. The van der Waals surface area contributed by atoms with Gasteiger partial charge in [0.25, 0.3) is 5.91 Å². The number of amides is 2. The van der Waals surface area contributed by atoms with E-state index in [0.29, 0.717) is 33.1 Å². The molecule has 2 heterocycles. The summed E-state index contributed by atoms with van der Waals surface area (Å²) < 4.78 is 21.4. The maximum Gasteiger partial charge on any atom is 0.251 e. The van der Waals surface area contributed by atoms with Gasteiger partial charge in [0.05, 0.1) is 29.6 Å². The van der Waals surface area contributed by atoms with Gasteiger partial charge in [-0.3, -0.25) is 14.2 Å². The summed E-state index contributed by atoms with van der Waals surface area (Å²) in [5.41, 5.74) is 1.84. The van der Waals surface area contributed by atoms with Gasteiger partial charge in [0.15, 0.2) is 16.1 Å². The van der Waals surface area contributed by atoms with Crippen LogP contribution >= 0.6 is 23.1 Å². The fraction of sp³-hybridized carbons (Fsp3) is 0.115. The standard InChI is InChI=1S/C26H21FN6O3S2/c1-36-19-6-4-5-16(13-19)24(35)28-14-22-31-32-26(33(22)18-11-9-17(27)10-12-18)37-15-23(34)30-25-29-20-7-2-3-8-21(20)38-25/h2-13H,14-15H2,1H3,(H,28,35)(H,29,30,34). The van der Waals surface area contributed by atoms with Crippen LogP contribution in [0.15, 0.2) is 78.0 Å². The van der Waals surface area contributed by atoms with Crippen molar-refractivity contribution in [3.05, 3.63) is 90.0 Å². The lowest BCUT2D eigenvalue weighted by Crippen LogP contribution is -2.24. The van der Waals surface area contributed by atoms with Gasteiger partial charge in [-0.15, -0.1) is 10.2 Å². The van der Waals surface area contributed by atoms with Gasteiger partial charge >= 0.3 is 0 Å². The number of fused-ring (bicyclic) bond motifs is 1. The molecule has 0 atom stereocenters. The first-order valence-electron chi connectivity index (χ1n) is 11.4. The molecule has 38 heavy (non-hydrogen) atoms. The molecular weight excluding hydrogens is 527 g/mol. The number of nitrogens with zero attached hydrogens (tertiary/aromatic N) is 4. The Morgan fingerprint density at radius 2 is 1.87 bits per heavy atom. The van der Waals surface area contributed by atoms with Gasteiger partial charge in [0.1, 0.15) is 11.6 Å². The highest BCUT2D eigenvalue weighted by atomic mass is 32.2. The van der Waals surface area contributed by atoms with Crippen molar-refractivity contribution in [3.8, 4) is 11.4 Å². The average Bonchev–Trinajstić information content (AvgIpc) is 3.54. The number of hydrogen-bond donors (Lipinski definition) is 2. The van der Waals surface area contributed by atoms with Gasteiger partial charge in [0.2, 0.25) is 5.91 Å². The second-order valence-electron chi connectivity index (χ2n) is 7.95. The van der Waals surface area contributed by atoms with E-state index in [1.807, 2.05) is 24.3 Å². The molecule has 9 nitrogen and oxygen atoms in total. The van der Waals surface area contributed by atoms with E-state index in [-0.39, 0.29) is 29.9 Å². The van der Waals surface area contributed by atoms with Crippen LogP contribution in [0.5, 0.6) is 5.75 Å². The third kappa shape index (κ3) is 5.82. The number of benzene rings is 3.